The van der Waals surface area contributed by atoms with E-state index in [1.54, 1.807) is 47.8 Å². The minimum absolute atomic E-state index is 0.0573. The van der Waals surface area contributed by atoms with E-state index in [1.165, 1.54) is 15.8 Å². The highest BCUT2D eigenvalue weighted by Gasteiger charge is 2.34. The lowest BCUT2D eigenvalue weighted by Crippen LogP contribution is -2.39. The summed E-state index contributed by atoms with van der Waals surface area (Å²) in [7, 11) is 0. The molecule has 3 heterocycles. The largest absolute Gasteiger partial charge is 0.478 e. The summed E-state index contributed by atoms with van der Waals surface area (Å²) in [5, 5.41) is 10.3. The molecule has 2 aromatic heterocycles. The van der Waals surface area contributed by atoms with Crippen molar-refractivity contribution in [1.29, 1.82) is 0 Å². The summed E-state index contributed by atoms with van der Waals surface area (Å²) >= 11 is 1.76. The fraction of sp³-hybridized carbons (Fsp3) is 0.185. The maximum absolute atomic E-state index is 13.4. The SMILES string of the molecule is CCc1ccc(C2c3[nH]c4ccccc4c3CCN2C(=O)/C=C/c2ccc(C(=O)O)cc2)s1. The molecule has 0 fully saturated rings. The van der Waals surface area contributed by atoms with Crippen molar-refractivity contribution in [3.8, 4) is 0 Å². The van der Waals surface area contributed by atoms with Crippen LogP contribution in [-0.2, 0) is 17.6 Å². The van der Waals surface area contributed by atoms with Gasteiger partial charge in [-0.1, -0.05) is 37.3 Å². The lowest BCUT2D eigenvalue weighted by molar-refractivity contribution is -0.127. The molecular weight excluding hydrogens is 432 g/mol. The molecule has 5 nitrogen and oxygen atoms in total. The number of H-pyrrole nitrogens is 1. The third-order valence-electron chi connectivity index (χ3n) is 6.19. The molecule has 2 aromatic carbocycles. The average Bonchev–Trinajstić information content (AvgIpc) is 3.46. The molecule has 0 saturated carbocycles. The van der Waals surface area contributed by atoms with E-state index in [4.69, 9.17) is 5.11 Å². The smallest absolute Gasteiger partial charge is 0.335 e. The van der Waals surface area contributed by atoms with E-state index >= 15 is 0 Å². The minimum atomic E-state index is -0.964. The maximum atomic E-state index is 13.4. The van der Waals surface area contributed by atoms with E-state index < -0.39 is 5.97 Å². The normalized spacial score (nSPS) is 15.8. The molecule has 0 bridgehead atoms. The number of fused-ring (bicyclic) bond motifs is 3. The first-order chi connectivity index (χ1) is 16.0. The lowest BCUT2D eigenvalue weighted by atomic mass is 9.96. The molecule has 2 N–H and O–H groups in total. The van der Waals surface area contributed by atoms with Crippen LogP contribution in [0.25, 0.3) is 17.0 Å². The van der Waals surface area contributed by atoms with Crippen LogP contribution in [0.15, 0.2) is 66.7 Å². The van der Waals surface area contributed by atoms with Gasteiger partial charge in [0.1, 0.15) is 6.04 Å². The fourth-order valence-corrected chi connectivity index (χ4v) is 5.58. The molecule has 5 rings (SSSR count). The summed E-state index contributed by atoms with van der Waals surface area (Å²) in [6.45, 7) is 2.78. The molecule has 6 heteroatoms. The van der Waals surface area contributed by atoms with Crippen molar-refractivity contribution < 1.29 is 14.7 Å². The first-order valence-corrected chi connectivity index (χ1v) is 11.9. The van der Waals surface area contributed by atoms with Gasteiger partial charge in [0.05, 0.1) is 5.56 Å². The second kappa shape index (κ2) is 8.71. The monoisotopic (exact) mass is 456 g/mol. The Morgan fingerprint density at radius 3 is 2.64 bits per heavy atom. The Morgan fingerprint density at radius 1 is 1.12 bits per heavy atom. The van der Waals surface area contributed by atoms with E-state index in [2.05, 4.69) is 42.2 Å². The number of aryl methyl sites for hydroxylation is 1. The molecule has 1 amide bonds. The van der Waals surface area contributed by atoms with Crippen LogP contribution in [0.2, 0.25) is 0 Å². The molecule has 1 aliphatic heterocycles. The van der Waals surface area contributed by atoms with E-state index in [0.29, 0.717) is 6.54 Å². The number of carboxylic acid groups (broad SMARTS) is 1. The second-order valence-electron chi connectivity index (χ2n) is 8.17. The van der Waals surface area contributed by atoms with Crippen molar-refractivity contribution in [2.45, 2.75) is 25.8 Å². The Hall–Kier alpha value is -3.64. The predicted molar refractivity (Wildman–Crippen MR) is 132 cm³/mol. The van der Waals surface area contributed by atoms with Gasteiger partial charge < -0.3 is 15.0 Å². The van der Waals surface area contributed by atoms with Crippen LogP contribution in [-0.4, -0.2) is 33.4 Å². The van der Waals surface area contributed by atoms with Crippen LogP contribution in [0.5, 0.6) is 0 Å². The zero-order chi connectivity index (χ0) is 22.9. The highest BCUT2D eigenvalue weighted by molar-refractivity contribution is 7.12. The van der Waals surface area contributed by atoms with Crippen molar-refractivity contribution >= 4 is 40.2 Å². The number of thiophene rings is 1. The topological polar surface area (TPSA) is 73.4 Å². The van der Waals surface area contributed by atoms with E-state index in [1.807, 2.05) is 11.0 Å². The number of amides is 1. The van der Waals surface area contributed by atoms with Crippen LogP contribution in [0, 0.1) is 0 Å². The third kappa shape index (κ3) is 3.98. The molecular formula is C27H24N2O3S. The number of hydrogen-bond acceptors (Lipinski definition) is 3. The number of para-hydroxylation sites is 1. The number of aromatic carboxylic acids is 1. The number of benzene rings is 2. The number of rotatable bonds is 5. The van der Waals surface area contributed by atoms with Crippen LogP contribution in [0.1, 0.15) is 49.9 Å². The number of nitrogens with one attached hydrogen (secondary N) is 1. The molecule has 33 heavy (non-hydrogen) atoms. The summed E-state index contributed by atoms with van der Waals surface area (Å²) < 4.78 is 0. The molecule has 1 aliphatic rings. The molecule has 1 atom stereocenters. The molecule has 166 valence electrons. The first-order valence-electron chi connectivity index (χ1n) is 11.0. The van der Waals surface area contributed by atoms with Crippen molar-refractivity contribution in [3.63, 3.8) is 0 Å². The van der Waals surface area contributed by atoms with Crippen LogP contribution in [0.3, 0.4) is 0 Å². The summed E-state index contributed by atoms with van der Waals surface area (Å²) in [4.78, 5) is 32.4. The second-order valence-corrected chi connectivity index (χ2v) is 9.37. The van der Waals surface area contributed by atoms with Crippen LogP contribution >= 0.6 is 11.3 Å². The maximum Gasteiger partial charge on any atom is 0.335 e. The van der Waals surface area contributed by atoms with Gasteiger partial charge >= 0.3 is 5.97 Å². The predicted octanol–water partition coefficient (Wildman–Crippen LogP) is 5.68. The van der Waals surface area contributed by atoms with Gasteiger partial charge in [0.25, 0.3) is 0 Å². The fourth-order valence-electron chi connectivity index (χ4n) is 4.51. The van der Waals surface area contributed by atoms with Gasteiger partial charge in [0.15, 0.2) is 0 Å². The van der Waals surface area contributed by atoms with Gasteiger partial charge in [-0.05, 0) is 60.4 Å². The van der Waals surface area contributed by atoms with E-state index in [0.717, 1.165) is 34.5 Å². The number of carbonyl (C=O) groups is 2. The highest BCUT2D eigenvalue weighted by atomic mass is 32.1. The highest BCUT2D eigenvalue weighted by Crippen LogP contribution is 2.41. The number of aromatic amines is 1. The first kappa shape index (κ1) is 21.2. The number of aromatic nitrogens is 1. The number of nitrogens with zero attached hydrogens (tertiary/aromatic N) is 1. The quantitative estimate of drug-likeness (QED) is 0.380. The molecule has 4 aromatic rings. The Bertz CT molecular complexity index is 1360. The zero-order valence-corrected chi connectivity index (χ0v) is 19.1. The van der Waals surface area contributed by atoms with Crippen molar-refractivity contribution in [2.24, 2.45) is 0 Å². The van der Waals surface area contributed by atoms with Gasteiger partial charge in [-0.15, -0.1) is 11.3 Å². The van der Waals surface area contributed by atoms with E-state index in [-0.39, 0.29) is 17.5 Å². The number of carbonyl (C=O) groups excluding carboxylic acids is 1. The van der Waals surface area contributed by atoms with Gasteiger partial charge in [-0.25, -0.2) is 4.79 Å². The molecule has 0 aliphatic carbocycles. The van der Waals surface area contributed by atoms with Crippen molar-refractivity contribution in [1.82, 2.24) is 9.88 Å². The molecule has 0 spiro atoms. The number of hydrogen-bond donors (Lipinski definition) is 2. The molecule has 1 unspecified atom stereocenters. The summed E-state index contributed by atoms with van der Waals surface area (Å²) in [5.74, 6) is -1.02. The van der Waals surface area contributed by atoms with Gasteiger partial charge in [0, 0.05) is 39.0 Å². The Labute approximate surface area is 196 Å². The molecule has 0 saturated heterocycles. The summed E-state index contributed by atoms with van der Waals surface area (Å²) in [6.07, 6.45) is 5.11. The standard InChI is InChI=1S/C27H24N2O3S/c1-2-19-12-13-23(33-19)26-25-21(20-5-3-4-6-22(20)28-25)15-16-29(26)24(30)14-9-17-7-10-18(11-8-17)27(31)32/h3-14,26,28H,2,15-16H2,1H3,(H,31,32)/b14-9+. The Morgan fingerprint density at radius 2 is 1.91 bits per heavy atom. The minimum Gasteiger partial charge on any atom is -0.478 e. The third-order valence-corrected chi connectivity index (χ3v) is 7.48. The van der Waals surface area contributed by atoms with Crippen LogP contribution in [0.4, 0.5) is 0 Å². The van der Waals surface area contributed by atoms with Gasteiger partial charge in [-0.2, -0.15) is 0 Å². The van der Waals surface area contributed by atoms with Crippen molar-refractivity contribution in [2.75, 3.05) is 6.54 Å². The van der Waals surface area contributed by atoms with E-state index in [9.17, 15) is 9.59 Å². The van der Waals surface area contributed by atoms with Gasteiger partial charge in [-0.3, -0.25) is 4.79 Å². The lowest BCUT2D eigenvalue weighted by Gasteiger charge is -2.34. The Balaban J connectivity index is 1.50. The van der Waals surface area contributed by atoms with Crippen molar-refractivity contribution in [3.05, 3.63) is 98.9 Å². The zero-order valence-electron chi connectivity index (χ0n) is 18.2. The Kier molecular flexibility index (Phi) is 5.60. The molecule has 0 radical (unpaired) electrons. The van der Waals surface area contributed by atoms with Crippen LogP contribution < -0.4 is 0 Å². The summed E-state index contributed by atoms with van der Waals surface area (Å²) in [5.41, 5.74) is 4.50. The number of carboxylic acids is 1. The summed E-state index contributed by atoms with van der Waals surface area (Å²) in [6, 6.07) is 19.0. The average molecular weight is 457 g/mol. The van der Waals surface area contributed by atoms with Gasteiger partial charge in [0.2, 0.25) is 5.91 Å².